The average Bonchev–Trinajstić information content (AvgIpc) is 2.83. The first kappa shape index (κ1) is 11.6. The van der Waals surface area contributed by atoms with Crippen LogP contribution in [0.15, 0.2) is 22.6 Å². The van der Waals surface area contributed by atoms with E-state index in [0.717, 1.165) is 21.6 Å². The van der Waals surface area contributed by atoms with E-state index < -0.39 is 0 Å². The Bertz CT molecular complexity index is 745. The van der Waals surface area contributed by atoms with Crippen LogP contribution in [0, 0.1) is 13.8 Å². The zero-order valence-corrected chi connectivity index (χ0v) is 11.5. The SMILES string of the molecule is Cc1sc(N)c(-c2nc3cccc(Cl)c3o2)c1C. The smallest absolute Gasteiger partial charge is 0.230 e. The normalized spacial score (nSPS) is 11.3. The van der Waals surface area contributed by atoms with Crippen molar-refractivity contribution in [3.8, 4) is 11.5 Å². The minimum atomic E-state index is 0.539. The third-order valence-corrected chi connectivity index (χ3v) is 4.33. The number of nitrogens with two attached hydrogens (primary N) is 1. The van der Waals surface area contributed by atoms with Crippen LogP contribution in [-0.4, -0.2) is 4.98 Å². The minimum absolute atomic E-state index is 0.539. The van der Waals surface area contributed by atoms with Gasteiger partial charge in [-0.1, -0.05) is 17.7 Å². The molecule has 0 aliphatic carbocycles. The van der Waals surface area contributed by atoms with Crippen LogP contribution in [0.2, 0.25) is 5.02 Å². The second-order valence-corrected chi connectivity index (χ2v) is 5.79. The number of nitrogen functional groups attached to an aromatic ring is 1. The van der Waals surface area contributed by atoms with Gasteiger partial charge in [-0.15, -0.1) is 11.3 Å². The third-order valence-electron chi connectivity index (χ3n) is 2.99. The summed E-state index contributed by atoms with van der Waals surface area (Å²) in [6.07, 6.45) is 0. The van der Waals surface area contributed by atoms with Crippen molar-refractivity contribution in [3.63, 3.8) is 0 Å². The lowest BCUT2D eigenvalue weighted by Crippen LogP contribution is -1.85. The maximum atomic E-state index is 6.08. The number of fused-ring (bicyclic) bond motifs is 1. The number of rotatable bonds is 1. The molecule has 92 valence electrons. The summed E-state index contributed by atoms with van der Waals surface area (Å²) in [4.78, 5) is 5.63. The summed E-state index contributed by atoms with van der Waals surface area (Å²) in [5.74, 6) is 0.539. The highest BCUT2D eigenvalue weighted by Crippen LogP contribution is 2.39. The maximum absolute atomic E-state index is 6.08. The molecule has 0 bridgehead atoms. The van der Waals surface area contributed by atoms with E-state index in [1.807, 2.05) is 26.0 Å². The molecule has 0 saturated heterocycles. The lowest BCUT2D eigenvalue weighted by molar-refractivity contribution is 0.620. The van der Waals surface area contributed by atoms with Crippen LogP contribution in [0.5, 0.6) is 0 Å². The molecule has 0 fully saturated rings. The van der Waals surface area contributed by atoms with Gasteiger partial charge in [0.25, 0.3) is 0 Å². The predicted molar refractivity (Wildman–Crippen MR) is 76.2 cm³/mol. The van der Waals surface area contributed by atoms with Crippen LogP contribution >= 0.6 is 22.9 Å². The summed E-state index contributed by atoms with van der Waals surface area (Å²) >= 11 is 7.63. The van der Waals surface area contributed by atoms with Crippen molar-refractivity contribution in [1.29, 1.82) is 0 Å². The highest BCUT2D eigenvalue weighted by molar-refractivity contribution is 7.16. The van der Waals surface area contributed by atoms with E-state index >= 15 is 0 Å². The second kappa shape index (κ2) is 4.00. The Labute approximate surface area is 113 Å². The molecule has 1 aromatic carbocycles. The van der Waals surface area contributed by atoms with Gasteiger partial charge in [-0.05, 0) is 31.5 Å². The summed E-state index contributed by atoms with van der Waals surface area (Å²) in [7, 11) is 0. The van der Waals surface area contributed by atoms with Gasteiger partial charge < -0.3 is 10.2 Å². The van der Waals surface area contributed by atoms with Gasteiger partial charge in [0.05, 0.1) is 15.6 Å². The van der Waals surface area contributed by atoms with Crippen molar-refractivity contribution in [2.24, 2.45) is 0 Å². The fourth-order valence-electron chi connectivity index (χ4n) is 1.94. The number of hydrogen-bond acceptors (Lipinski definition) is 4. The molecule has 0 spiro atoms. The molecule has 3 rings (SSSR count). The van der Waals surface area contributed by atoms with E-state index in [-0.39, 0.29) is 0 Å². The number of thiophene rings is 1. The van der Waals surface area contributed by atoms with E-state index in [4.69, 9.17) is 21.8 Å². The van der Waals surface area contributed by atoms with Gasteiger partial charge in [0, 0.05) is 4.88 Å². The minimum Gasteiger partial charge on any atom is -0.434 e. The zero-order valence-electron chi connectivity index (χ0n) is 9.95. The summed E-state index contributed by atoms with van der Waals surface area (Å²) < 4.78 is 5.74. The highest BCUT2D eigenvalue weighted by atomic mass is 35.5. The first-order valence-electron chi connectivity index (χ1n) is 5.49. The predicted octanol–water partition coefficient (Wildman–Crippen LogP) is 4.41. The monoisotopic (exact) mass is 278 g/mol. The number of benzene rings is 1. The number of para-hydroxylation sites is 1. The van der Waals surface area contributed by atoms with Crippen LogP contribution in [0.25, 0.3) is 22.6 Å². The fourth-order valence-corrected chi connectivity index (χ4v) is 3.08. The first-order valence-corrected chi connectivity index (χ1v) is 6.68. The molecule has 0 aliphatic rings. The lowest BCUT2D eigenvalue weighted by Gasteiger charge is -1.95. The maximum Gasteiger partial charge on any atom is 0.230 e. The molecule has 0 unspecified atom stereocenters. The zero-order chi connectivity index (χ0) is 12.9. The Morgan fingerprint density at radius 1 is 1.33 bits per heavy atom. The number of oxazole rings is 1. The van der Waals surface area contributed by atoms with E-state index in [1.165, 1.54) is 4.88 Å². The number of nitrogens with zero attached hydrogens (tertiary/aromatic N) is 1. The van der Waals surface area contributed by atoms with E-state index in [1.54, 1.807) is 17.4 Å². The molecule has 2 heterocycles. The molecule has 0 amide bonds. The Morgan fingerprint density at radius 3 is 2.72 bits per heavy atom. The largest absolute Gasteiger partial charge is 0.434 e. The van der Waals surface area contributed by atoms with Crippen molar-refractivity contribution in [3.05, 3.63) is 33.7 Å². The molecule has 3 aromatic rings. The van der Waals surface area contributed by atoms with Gasteiger partial charge in [-0.2, -0.15) is 0 Å². The van der Waals surface area contributed by atoms with Gasteiger partial charge in [0.2, 0.25) is 5.89 Å². The Hall–Kier alpha value is -1.52. The average molecular weight is 279 g/mol. The summed E-state index contributed by atoms with van der Waals surface area (Å²) in [6.45, 7) is 4.06. The quantitative estimate of drug-likeness (QED) is 0.717. The van der Waals surface area contributed by atoms with Crippen molar-refractivity contribution in [2.45, 2.75) is 13.8 Å². The molecule has 0 atom stereocenters. The van der Waals surface area contributed by atoms with Crippen molar-refractivity contribution in [2.75, 3.05) is 5.73 Å². The second-order valence-electron chi connectivity index (χ2n) is 4.13. The van der Waals surface area contributed by atoms with Gasteiger partial charge >= 0.3 is 0 Å². The molecule has 2 aromatic heterocycles. The lowest BCUT2D eigenvalue weighted by atomic mass is 10.1. The van der Waals surface area contributed by atoms with Crippen LogP contribution < -0.4 is 5.73 Å². The molecule has 0 saturated carbocycles. The summed E-state index contributed by atoms with van der Waals surface area (Å²) in [5.41, 5.74) is 9.37. The van der Waals surface area contributed by atoms with Gasteiger partial charge in [0.15, 0.2) is 5.58 Å². The van der Waals surface area contributed by atoms with Crippen LogP contribution in [-0.2, 0) is 0 Å². The van der Waals surface area contributed by atoms with E-state index in [2.05, 4.69) is 4.98 Å². The van der Waals surface area contributed by atoms with Crippen LogP contribution in [0.3, 0.4) is 0 Å². The summed E-state index contributed by atoms with van der Waals surface area (Å²) in [5, 5.41) is 1.29. The molecule has 0 radical (unpaired) electrons. The molecular weight excluding hydrogens is 268 g/mol. The highest BCUT2D eigenvalue weighted by Gasteiger charge is 2.18. The van der Waals surface area contributed by atoms with E-state index in [9.17, 15) is 0 Å². The molecule has 18 heavy (non-hydrogen) atoms. The number of hydrogen-bond donors (Lipinski definition) is 1. The Kier molecular flexibility index (Phi) is 2.57. The fraction of sp³-hybridized carbons (Fsp3) is 0.154. The number of aromatic nitrogens is 1. The van der Waals surface area contributed by atoms with Crippen LogP contribution in [0.1, 0.15) is 10.4 Å². The number of aryl methyl sites for hydroxylation is 1. The third kappa shape index (κ3) is 1.61. The van der Waals surface area contributed by atoms with Crippen molar-refractivity contribution < 1.29 is 4.42 Å². The molecule has 2 N–H and O–H groups in total. The van der Waals surface area contributed by atoms with Gasteiger partial charge in [-0.3, -0.25) is 0 Å². The van der Waals surface area contributed by atoms with Crippen molar-refractivity contribution >= 4 is 39.0 Å². The summed E-state index contributed by atoms with van der Waals surface area (Å²) in [6, 6.07) is 5.51. The molecule has 0 aliphatic heterocycles. The van der Waals surface area contributed by atoms with Crippen molar-refractivity contribution in [1.82, 2.24) is 4.98 Å². The standard InChI is InChI=1S/C13H11ClN2OS/c1-6-7(2)18-12(15)10(6)13-16-9-5-3-4-8(14)11(9)17-13/h3-5H,15H2,1-2H3. The Balaban J connectivity index is 2.29. The Morgan fingerprint density at radius 2 is 2.11 bits per heavy atom. The van der Waals surface area contributed by atoms with Gasteiger partial charge in [-0.25, -0.2) is 4.98 Å². The van der Waals surface area contributed by atoms with Gasteiger partial charge in [0.1, 0.15) is 5.52 Å². The topological polar surface area (TPSA) is 52.0 Å². The first-order chi connectivity index (χ1) is 8.58. The van der Waals surface area contributed by atoms with E-state index in [0.29, 0.717) is 16.5 Å². The molecular formula is C13H11ClN2OS. The number of anilines is 1. The number of halogens is 1. The molecule has 3 nitrogen and oxygen atoms in total. The molecule has 5 heteroatoms. The van der Waals surface area contributed by atoms with Crippen LogP contribution in [0.4, 0.5) is 5.00 Å².